The Morgan fingerprint density at radius 3 is 2.71 bits per heavy atom. The van der Waals surface area contributed by atoms with E-state index in [1.54, 1.807) is 29.9 Å². The van der Waals surface area contributed by atoms with Crippen molar-refractivity contribution in [3.63, 3.8) is 0 Å². The van der Waals surface area contributed by atoms with Crippen LogP contribution in [-0.4, -0.2) is 63.3 Å². The summed E-state index contributed by atoms with van der Waals surface area (Å²) >= 11 is 0. The Balaban J connectivity index is 1.83. The molecule has 0 radical (unpaired) electrons. The van der Waals surface area contributed by atoms with E-state index in [0.29, 0.717) is 53.4 Å². The van der Waals surface area contributed by atoms with Crippen molar-refractivity contribution in [2.24, 2.45) is 7.05 Å². The van der Waals surface area contributed by atoms with Crippen molar-refractivity contribution in [1.29, 1.82) is 0 Å². The summed E-state index contributed by atoms with van der Waals surface area (Å²) in [4.78, 5) is 35.3. The molecule has 2 N–H and O–H groups in total. The maximum absolute atomic E-state index is 13.0. The Hall–Kier alpha value is -3.20. The van der Waals surface area contributed by atoms with Crippen LogP contribution in [0.5, 0.6) is 5.75 Å². The molecule has 0 bridgehead atoms. The Kier molecular flexibility index (Phi) is 6.03. The largest absolute Gasteiger partial charge is 0.493 e. The monoisotopic (exact) mass is 424 g/mol. The number of benzene rings is 1. The number of ether oxygens (including phenoxy) is 1. The minimum absolute atomic E-state index is 0.0396. The molecule has 0 unspecified atom stereocenters. The van der Waals surface area contributed by atoms with E-state index in [1.165, 1.54) is 0 Å². The molecule has 3 heterocycles. The van der Waals surface area contributed by atoms with Gasteiger partial charge < -0.3 is 19.9 Å². The minimum Gasteiger partial charge on any atom is -0.493 e. The first-order valence-corrected chi connectivity index (χ1v) is 10.8. The van der Waals surface area contributed by atoms with Crippen LogP contribution >= 0.6 is 0 Å². The third-order valence-corrected chi connectivity index (χ3v) is 5.44. The molecule has 1 amide bonds. The van der Waals surface area contributed by atoms with E-state index in [4.69, 9.17) is 9.72 Å². The van der Waals surface area contributed by atoms with Crippen molar-refractivity contribution in [3.05, 3.63) is 39.8 Å². The van der Waals surface area contributed by atoms with Crippen LogP contribution in [-0.2, 0) is 13.5 Å². The van der Waals surface area contributed by atoms with Crippen LogP contribution in [0.25, 0.3) is 22.4 Å². The predicted octanol–water partition coefficient (Wildman–Crippen LogP) is 1.72. The molecule has 164 valence electrons. The topological polar surface area (TPSA) is 105 Å². The van der Waals surface area contributed by atoms with Gasteiger partial charge in [0.25, 0.3) is 11.5 Å². The summed E-state index contributed by atoms with van der Waals surface area (Å²) in [5.41, 5.74) is 2.69. The molecular weight excluding hydrogens is 396 g/mol. The van der Waals surface area contributed by atoms with Gasteiger partial charge in [0.15, 0.2) is 5.52 Å². The van der Waals surface area contributed by atoms with Crippen LogP contribution in [0.1, 0.15) is 36.3 Å². The lowest BCUT2D eigenvalue weighted by Crippen LogP contribution is -2.46. The number of fused-ring (bicyclic) bond motifs is 1. The van der Waals surface area contributed by atoms with Gasteiger partial charge in [-0.05, 0) is 31.5 Å². The van der Waals surface area contributed by atoms with Crippen LogP contribution in [0, 0.1) is 0 Å². The molecular formula is C22H28N6O3. The Bertz CT molecular complexity index is 1160. The fourth-order valence-electron chi connectivity index (χ4n) is 3.96. The van der Waals surface area contributed by atoms with Gasteiger partial charge in [-0.2, -0.15) is 5.10 Å². The van der Waals surface area contributed by atoms with Crippen molar-refractivity contribution >= 4 is 16.9 Å². The highest BCUT2D eigenvalue weighted by Crippen LogP contribution is 2.30. The lowest BCUT2D eigenvalue weighted by atomic mass is 10.1. The zero-order chi connectivity index (χ0) is 22.0. The first kappa shape index (κ1) is 21.0. The molecule has 0 saturated carbocycles. The number of hydrogen-bond donors (Lipinski definition) is 2. The van der Waals surface area contributed by atoms with E-state index in [0.717, 1.165) is 31.6 Å². The number of amides is 1. The molecule has 0 atom stereocenters. The quantitative estimate of drug-likeness (QED) is 0.624. The van der Waals surface area contributed by atoms with Gasteiger partial charge in [-0.1, -0.05) is 13.3 Å². The van der Waals surface area contributed by atoms with Gasteiger partial charge in [0, 0.05) is 38.8 Å². The average molecular weight is 425 g/mol. The lowest BCUT2D eigenvalue weighted by molar-refractivity contribution is 0.0736. The molecule has 0 spiro atoms. The van der Waals surface area contributed by atoms with E-state index < -0.39 is 0 Å². The first-order valence-electron chi connectivity index (χ1n) is 10.8. The Labute approximate surface area is 180 Å². The summed E-state index contributed by atoms with van der Waals surface area (Å²) in [6, 6.07) is 5.30. The van der Waals surface area contributed by atoms with Gasteiger partial charge in [0.05, 0.1) is 17.9 Å². The van der Waals surface area contributed by atoms with Gasteiger partial charge >= 0.3 is 0 Å². The summed E-state index contributed by atoms with van der Waals surface area (Å²) in [5, 5.41) is 7.73. The maximum atomic E-state index is 13.0. The molecule has 9 heteroatoms. The highest BCUT2D eigenvalue weighted by Gasteiger charge is 2.22. The normalized spacial score (nSPS) is 14.2. The van der Waals surface area contributed by atoms with Gasteiger partial charge in [0.1, 0.15) is 17.1 Å². The number of aromatic nitrogens is 4. The summed E-state index contributed by atoms with van der Waals surface area (Å²) in [7, 11) is 1.75. The zero-order valence-electron chi connectivity index (χ0n) is 18.2. The van der Waals surface area contributed by atoms with E-state index in [-0.39, 0.29) is 11.5 Å². The van der Waals surface area contributed by atoms with Crippen LogP contribution in [0.3, 0.4) is 0 Å². The van der Waals surface area contributed by atoms with Crippen molar-refractivity contribution in [2.75, 3.05) is 32.8 Å². The van der Waals surface area contributed by atoms with E-state index in [1.807, 2.05) is 11.8 Å². The second-order valence-electron chi connectivity index (χ2n) is 7.62. The zero-order valence-corrected chi connectivity index (χ0v) is 18.2. The third-order valence-electron chi connectivity index (χ3n) is 5.44. The van der Waals surface area contributed by atoms with Gasteiger partial charge in [-0.15, -0.1) is 0 Å². The van der Waals surface area contributed by atoms with Crippen molar-refractivity contribution in [2.45, 2.75) is 26.7 Å². The summed E-state index contributed by atoms with van der Waals surface area (Å²) in [6.07, 6.45) is 1.63. The van der Waals surface area contributed by atoms with E-state index in [9.17, 15) is 9.59 Å². The fourth-order valence-corrected chi connectivity index (χ4v) is 3.96. The fraction of sp³-hybridized carbons (Fsp3) is 0.455. The number of carbonyl (C=O) groups excluding carboxylic acids is 1. The number of rotatable bonds is 6. The third kappa shape index (κ3) is 4.05. The molecule has 1 fully saturated rings. The lowest BCUT2D eigenvalue weighted by Gasteiger charge is -2.27. The number of aryl methyl sites for hydroxylation is 2. The molecule has 2 aromatic heterocycles. The minimum atomic E-state index is -0.265. The van der Waals surface area contributed by atoms with Crippen LogP contribution < -0.4 is 15.6 Å². The van der Waals surface area contributed by atoms with Gasteiger partial charge in [-0.3, -0.25) is 14.3 Å². The van der Waals surface area contributed by atoms with Crippen LogP contribution in [0.15, 0.2) is 23.0 Å². The predicted molar refractivity (Wildman–Crippen MR) is 119 cm³/mol. The second-order valence-corrected chi connectivity index (χ2v) is 7.62. The SMILES string of the molecule is CCCc1nn(C)c2c(=O)[nH]c(-c3cc(C(=O)N4CCNCC4)ccc3OCC)nc12. The Morgan fingerprint density at radius 2 is 2.00 bits per heavy atom. The highest BCUT2D eigenvalue weighted by atomic mass is 16.5. The summed E-state index contributed by atoms with van der Waals surface area (Å²) in [6.45, 7) is 7.30. The number of hydrogen-bond acceptors (Lipinski definition) is 6. The van der Waals surface area contributed by atoms with E-state index >= 15 is 0 Å². The van der Waals surface area contributed by atoms with Crippen molar-refractivity contribution < 1.29 is 9.53 Å². The van der Waals surface area contributed by atoms with Gasteiger partial charge in [-0.25, -0.2) is 4.98 Å². The smallest absolute Gasteiger partial charge is 0.277 e. The number of carbonyl (C=O) groups is 1. The maximum Gasteiger partial charge on any atom is 0.277 e. The molecule has 1 aliphatic heterocycles. The number of H-pyrrole nitrogens is 1. The summed E-state index contributed by atoms with van der Waals surface area (Å²) < 4.78 is 7.36. The average Bonchev–Trinajstić information content (AvgIpc) is 3.10. The van der Waals surface area contributed by atoms with Crippen LogP contribution in [0.4, 0.5) is 0 Å². The van der Waals surface area contributed by atoms with Gasteiger partial charge in [0.2, 0.25) is 0 Å². The molecule has 31 heavy (non-hydrogen) atoms. The summed E-state index contributed by atoms with van der Waals surface area (Å²) in [5.74, 6) is 0.909. The number of nitrogens with zero attached hydrogens (tertiary/aromatic N) is 4. The standard InChI is InChI=1S/C22H28N6O3/c1-4-6-16-18-19(27(3)26-16)21(29)25-20(24-18)15-13-14(7-8-17(15)31-5-2)22(30)28-11-9-23-10-12-28/h7-8,13,23H,4-6,9-12H2,1-3H3,(H,24,25,29). The first-order chi connectivity index (χ1) is 15.0. The molecule has 1 aromatic carbocycles. The highest BCUT2D eigenvalue weighted by molar-refractivity contribution is 5.96. The molecule has 9 nitrogen and oxygen atoms in total. The molecule has 4 rings (SSSR count). The second kappa shape index (κ2) is 8.89. The Morgan fingerprint density at radius 1 is 1.23 bits per heavy atom. The van der Waals surface area contributed by atoms with Crippen molar-refractivity contribution in [3.8, 4) is 17.1 Å². The molecule has 3 aromatic rings. The number of piperazine rings is 1. The van der Waals surface area contributed by atoms with Crippen molar-refractivity contribution in [1.82, 2.24) is 30.0 Å². The van der Waals surface area contributed by atoms with Crippen LogP contribution in [0.2, 0.25) is 0 Å². The molecule has 1 saturated heterocycles. The number of aromatic amines is 1. The molecule has 0 aliphatic carbocycles. The van der Waals surface area contributed by atoms with E-state index in [2.05, 4.69) is 22.3 Å². The number of nitrogens with one attached hydrogen (secondary N) is 2. The molecule has 1 aliphatic rings.